The van der Waals surface area contributed by atoms with Crippen LogP contribution in [0.4, 0.5) is 5.82 Å². The number of imidazole rings is 1. The molecule has 0 aromatic carbocycles. The van der Waals surface area contributed by atoms with Crippen LogP contribution in [0.5, 0.6) is 6.01 Å². The molecule has 2 bridgehead atoms. The maximum atomic E-state index is 6.06. The normalized spacial score (nSPS) is 23.8. The van der Waals surface area contributed by atoms with Crippen LogP contribution in [-0.4, -0.2) is 37.8 Å². The zero-order chi connectivity index (χ0) is 17.4. The van der Waals surface area contributed by atoms with Gasteiger partial charge in [0.2, 0.25) is 0 Å². The van der Waals surface area contributed by atoms with Crippen LogP contribution in [0.1, 0.15) is 58.1 Å². The monoisotopic (exact) mass is 342 g/mol. The predicted octanol–water partition coefficient (Wildman–Crippen LogP) is 2.57. The lowest BCUT2D eigenvalue weighted by atomic mass is 9.98. The number of hydrogen-bond donors (Lipinski definition) is 2. The Morgan fingerprint density at radius 3 is 2.88 bits per heavy atom. The first kappa shape index (κ1) is 16.3. The third-order valence-corrected chi connectivity index (χ3v) is 5.10. The molecule has 2 aliphatic heterocycles. The molecule has 0 saturated carbocycles. The lowest BCUT2D eigenvalue weighted by Gasteiger charge is -2.23. The predicted molar refractivity (Wildman–Crippen MR) is 97.3 cm³/mol. The van der Waals surface area contributed by atoms with Crippen molar-refractivity contribution in [2.45, 2.75) is 70.6 Å². The van der Waals surface area contributed by atoms with Gasteiger partial charge in [0.05, 0.1) is 18.0 Å². The molecule has 2 unspecified atom stereocenters. The van der Waals surface area contributed by atoms with Crippen molar-refractivity contribution in [3.05, 3.63) is 17.5 Å². The molecule has 4 rings (SSSR count). The highest BCUT2D eigenvalue weighted by atomic mass is 16.5. The van der Waals surface area contributed by atoms with E-state index in [1.165, 1.54) is 18.4 Å². The first-order chi connectivity index (χ1) is 12.1. The van der Waals surface area contributed by atoms with Gasteiger partial charge in [0.1, 0.15) is 0 Å². The van der Waals surface area contributed by atoms with Crippen LogP contribution in [0, 0.1) is 0 Å². The third-order valence-electron chi connectivity index (χ3n) is 5.10. The molecule has 2 aliphatic rings. The Morgan fingerprint density at radius 2 is 2.16 bits per heavy atom. The Balaban J connectivity index is 1.64. The highest BCUT2D eigenvalue weighted by Gasteiger charge is 2.30. The quantitative estimate of drug-likeness (QED) is 0.868. The topological polar surface area (TPSA) is 90.4 Å². The lowest BCUT2D eigenvalue weighted by Crippen LogP contribution is -2.34. The second kappa shape index (κ2) is 6.63. The van der Waals surface area contributed by atoms with Crippen molar-refractivity contribution in [2.24, 2.45) is 0 Å². The molecule has 7 heteroatoms. The van der Waals surface area contributed by atoms with Gasteiger partial charge in [0, 0.05) is 12.1 Å². The molecular weight excluding hydrogens is 316 g/mol. The second-order valence-electron chi connectivity index (χ2n) is 7.26. The average molecular weight is 342 g/mol. The van der Waals surface area contributed by atoms with Gasteiger partial charge in [-0.15, -0.1) is 5.10 Å². The number of nitrogen functional groups attached to an aromatic ring is 1. The van der Waals surface area contributed by atoms with Gasteiger partial charge in [-0.05, 0) is 45.1 Å². The minimum atomic E-state index is 0.0622. The number of piperidine rings is 1. The van der Waals surface area contributed by atoms with Crippen molar-refractivity contribution < 1.29 is 4.74 Å². The third kappa shape index (κ3) is 3.33. The summed E-state index contributed by atoms with van der Waals surface area (Å²) in [5, 5.41) is 8.18. The maximum absolute atomic E-state index is 6.06. The van der Waals surface area contributed by atoms with Crippen molar-refractivity contribution in [1.82, 2.24) is 24.9 Å². The molecule has 7 nitrogen and oxygen atoms in total. The molecule has 0 aliphatic carbocycles. The number of anilines is 1. The summed E-state index contributed by atoms with van der Waals surface area (Å²) in [4.78, 5) is 8.64. The number of nitrogens with two attached hydrogens (primary N) is 1. The number of nitrogens with one attached hydrogen (secondary N) is 1. The Hall–Kier alpha value is -2.15. The number of ether oxygens (including phenoxy) is 1. The van der Waals surface area contributed by atoms with E-state index in [9.17, 15) is 0 Å². The molecule has 4 heterocycles. The van der Waals surface area contributed by atoms with Crippen LogP contribution in [0.15, 0.2) is 11.8 Å². The lowest BCUT2D eigenvalue weighted by molar-refractivity contribution is 0.189. The molecule has 2 aromatic heterocycles. The van der Waals surface area contributed by atoms with Gasteiger partial charge in [0.15, 0.2) is 11.5 Å². The van der Waals surface area contributed by atoms with E-state index < -0.39 is 0 Å². The molecule has 25 heavy (non-hydrogen) atoms. The van der Waals surface area contributed by atoms with Gasteiger partial charge in [-0.3, -0.25) is 0 Å². The van der Waals surface area contributed by atoms with E-state index in [1.807, 2.05) is 13.1 Å². The SMILES string of the molecule is CCC[C@H](C)Oc1nc(N)c2ncc(C=C3CC4CCC(C3)N4)n2n1. The molecule has 3 N–H and O–H groups in total. The van der Waals surface area contributed by atoms with Crippen LogP contribution < -0.4 is 15.8 Å². The average Bonchev–Trinajstić information content (AvgIpc) is 3.11. The highest BCUT2D eigenvalue weighted by Crippen LogP contribution is 2.31. The van der Waals surface area contributed by atoms with Crippen LogP contribution in [0.25, 0.3) is 11.7 Å². The van der Waals surface area contributed by atoms with Crippen molar-refractivity contribution in [1.29, 1.82) is 0 Å². The first-order valence-corrected chi connectivity index (χ1v) is 9.25. The second-order valence-corrected chi connectivity index (χ2v) is 7.26. The van der Waals surface area contributed by atoms with Crippen molar-refractivity contribution >= 4 is 17.5 Å². The first-order valence-electron chi connectivity index (χ1n) is 9.25. The zero-order valence-corrected chi connectivity index (χ0v) is 14.9. The van der Waals surface area contributed by atoms with Gasteiger partial charge in [-0.25, -0.2) is 9.50 Å². The number of rotatable bonds is 5. The summed E-state index contributed by atoms with van der Waals surface area (Å²) in [6.07, 6.45) is 10.8. The summed E-state index contributed by atoms with van der Waals surface area (Å²) < 4.78 is 7.58. The van der Waals surface area contributed by atoms with Crippen LogP contribution in [-0.2, 0) is 0 Å². The minimum Gasteiger partial charge on any atom is -0.459 e. The van der Waals surface area contributed by atoms with Gasteiger partial charge in [-0.2, -0.15) is 4.98 Å². The number of hydrogen-bond acceptors (Lipinski definition) is 6. The van der Waals surface area contributed by atoms with Crippen molar-refractivity contribution in [3.63, 3.8) is 0 Å². The molecule has 0 amide bonds. The minimum absolute atomic E-state index is 0.0622. The van der Waals surface area contributed by atoms with E-state index in [0.29, 0.717) is 29.6 Å². The number of fused-ring (bicyclic) bond motifs is 3. The fraction of sp³-hybridized carbons (Fsp3) is 0.611. The van der Waals surface area contributed by atoms with E-state index in [1.54, 1.807) is 4.52 Å². The van der Waals surface area contributed by atoms with Gasteiger partial charge in [-0.1, -0.05) is 18.9 Å². The molecule has 3 atom stereocenters. The molecule has 2 fully saturated rings. The summed E-state index contributed by atoms with van der Waals surface area (Å²) in [6, 6.07) is 1.56. The summed E-state index contributed by atoms with van der Waals surface area (Å²) >= 11 is 0. The molecular formula is C18H26N6O. The molecule has 2 saturated heterocycles. The Bertz CT molecular complexity index is 784. The van der Waals surface area contributed by atoms with E-state index in [4.69, 9.17) is 10.5 Å². The summed E-state index contributed by atoms with van der Waals surface area (Å²) in [7, 11) is 0. The summed E-state index contributed by atoms with van der Waals surface area (Å²) in [5.74, 6) is 0.351. The summed E-state index contributed by atoms with van der Waals surface area (Å²) in [5.41, 5.74) is 9.03. The van der Waals surface area contributed by atoms with E-state index >= 15 is 0 Å². The number of aromatic nitrogens is 4. The fourth-order valence-electron chi connectivity index (χ4n) is 3.96. The zero-order valence-electron chi connectivity index (χ0n) is 14.9. The van der Waals surface area contributed by atoms with Gasteiger partial charge < -0.3 is 15.8 Å². The maximum Gasteiger partial charge on any atom is 0.336 e. The Kier molecular flexibility index (Phi) is 4.33. The fourth-order valence-corrected chi connectivity index (χ4v) is 3.96. The number of nitrogens with zero attached hydrogens (tertiary/aromatic N) is 4. The summed E-state index contributed by atoms with van der Waals surface area (Å²) in [6.45, 7) is 4.15. The molecule has 2 aromatic rings. The van der Waals surface area contributed by atoms with E-state index in [-0.39, 0.29) is 6.10 Å². The largest absolute Gasteiger partial charge is 0.459 e. The Morgan fingerprint density at radius 1 is 1.40 bits per heavy atom. The van der Waals surface area contributed by atoms with Crippen molar-refractivity contribution in [2.75, 3.05) is 5.73 Å². The smallest absolute Gasteiger partial charge is 0.336 e. The van der Waals surface area contributed by atoms with Crippen LogP contribution >= 0.6 is 0 Å². The van der Waals surface area contributed by atoms with Gasteiger partial charge >= 0.3 is 6.01 Å². The highest BCUT2D eigenvalue weighted by molar-refractivity contribution is 5.63. The molecule has 0 spiro atoms. The standard InChI is InChI=1S/C18H26N6O/c1-3-4-11(2)25-18-22-16(19)17-20-10-15(24(17)23-18)9-12-7-13-5-6-14(8-12)21-13/h9-11,13-14,21H,3-8H2,1-2H3,(H2,19,22,23)/t11-,13?,14?/m0/s1. The van der Waals surface area contributed by atoms with E-state index in [0.717, 1.165) is 31.4 Å². The molecule has 134 valence electrons. The van der Waals surface area contributed by atoms with E-state index in [2.05, 4.69) is 33.4 Å². The van der Waals surface area contributed by atoms with Crippen molar-refractivity contribution in [3.8, 4) is 6.01 Å². The van der Waals surface area contributed by atoms with Crippen LogP contribution in [0.2, 0.25) is 0 Å². The van der Waals surface area contributed by atoms with Gasteiger partial charge in [0.25, 0.3) is 0 Å². The van der Waals surface area contributed by atoms with Crippen LogP contribution in [0.3, 0.4) is 0 Å². The Labute approximate surface area is 147 Å². The molecule has 0 radical (unpaired) electrons.